The third kappa shape index (κ3) is 3.69. The van der Waals surface area contributed by atoms with Gasteiger partial charge in [0.05, 0.1) is 10.0 Å². The molecule has 168 valence electrons. The minimum Gasteiger partial charge on any atom is -0.343 e. The Kier molecular flexibility index (Phi) is 5.32. The minimum atomic E-state index is 0.535. The molecule has 1 N–H and O–H groups in total. The van der Waals surface area contributed by atoms with E-state index in [2.05, 4.69) is 53.3 Å². The number of halogens is 2. The predicted molar refractivity (Wildman–Crippen MR) is 134 cm³/mol. The van der Waals surface area contributed by atoms with Crippen LogP contribution in [0, 0.1) is 23.2 Å². The molecule has 0 spiro atoms. The Morgan fingerprint density at radius 3 is 2.34 bits per heavy atom. The molecule has 7 rings (SSSR count). The zero-order valence-electron chi connectivity index (χ0n) is 18.8. The van der Waals surface area contributed by atoms with Crippen molar-refractivity contribution in [3.8, 4) is 0 Å². The summed E-state index contributed by atoms with van der Waals surface area (Å²) in [6.07, 6.45) is 11.2. The monoisotopic (exact) mass is 466 g/mol. The molecular formula is C28H32Cl2N2. The molecule has 2 nitrogen and oxygen atoms in total. The summed E-state index contributed by atoms with van der Waals surface area (Å²) >= 11 is 12.4. The van der Waals surface area contributed by atoms with Crippen LogP contribution >= 0.6 is 23.2 Å². The number of benzene rings is 2. The lowest BCUT2D eigenvalue weighted by Gasteiger charge is -2.59. The summed E-state index contributed by atoms with van der Waals surface area (Å²) in [5.74, 6) is 3.00. The Hall–Kier alpha value is -1.48. The van der Waals surface area contributed by atoms with Gasteiger partial charge in [-0.3, -0.25) is 0 Å². The fourth-order valence-electron chi connectivity index (χ4n) is 7.62. The van der Waals surface area contributed by atoms with Crippen LogP contribution in [0.4, 0.5) is 0 Å². The van der Waals surface area contributed by atoms with E-state index in [9.17, 15) is 0 Å². The van der Waals surface area contributed by atoms with E-state index in [-0.39, 0.29) is 0 Å². The maximum absolute atomic E-state index is 6.27. The van der Waals surface area contributed by atoms with Crippen LogP contribution in [0.2, 0.25) is 10.0 Å². The largest absolute Gasteiger partial charge is 0.343 e. The highest BCUT2D eigenvalue weighted by Gasteiger charge is 2.52. The van der Waals surface area contributed by atoms with Crippen LogP contribution in [0.15, 0.2) is 48.7 Å². The first kappa shape index (κ1) is 21.1. The Bertz CT molecular complexity index is 1110. The summed E-state index contributed by atoms with van der Waals surface area (Å²) < 4.78 is 2.35. The van der Waals surface area contributed by atoms with Crippen molar-refractivity contribution in [2.45, 2.75) is 64.6 Å². The predicted octanol–water partition coefficient (Wildman–Crippen LogP) is 7.69. The maximum Gasteiger partial charge on any atom is 0.0595 e. The number of hydrogen-bond donors (Lipinski definition) is 1. The summed E-state index contributed by atoms with van der Waals surface area (Å²) in [5.41, 5.74) is 4.37. The van der Waals surface area contributed by atoms with Crippen LogP contribution < -0.4 is 5.32 Å². The van der Waals surface area contributed by atoms with Gasteiger partial charge in [-0.1, -0.05) is 47.5 Å². The number of fused-ring (bicyclic) bond motifs is 1. The first-order valence-electron chi connectivity index (χ1n) is 12.2. The molecule has 0 radical (unpaired) electrons. The van der Waals surface area contributed by atoms with E-state index >= 15 is 0 Å². The highest BCUT2D eigenvalue weighted by atomic mass is 35.5. The van der Waals surface area contributed by atoms with Crippen molar-refractivity contribution in [1.82, 2.24) is 9.88 Å². The van der Waals surface area contributed by atoms with E-state index in [1.54, 1.807) is 0 Å². The summed E-state index contributed by atoms with van der Waals surface area (Å²) in [6.45, 7) is 4.18. The van der Waals surface area contributed by atoms with E-state index in [1.807, 2.05) is 12.1 Å². The van der Waals surface area contributed by atoms with Crippen molar-refractivity contribution in [3.05, 3.63) is 69.8 Å². The number of nitrogens with one attached hydrogen (secondary N) is 1. The number of rotatable bonds is 6. The minimum absolute atomic E-state index is 0.535. The number of nitrogens with zero attached hydrogens (tertiary/aromatic N) is 1. The van der Waals surface area contributed by atoms with Crippen molar-refractivity contribution < 1.29 is 0 Å². The van der Waals surface area contributed by atoms with Crippen LogP contribution in [0.1, 0.15) is 56.6 Å². The molecule has 4 heteroatoms. The first-order chi connectivity index (χ1) is 15.5. The highest BCUT2D eigenvalue weighted by Crippen LogP contribution is 2.61. The molecule has 3 aromatic rings. The van der Waals surface area contributed by atoms with Gasteiger partial charge < -0.3 is 9.88 Å². The third-order valence-electron chi connectivity index (χ3n) is 8.81. The van der Waals surface area contributed by atoms with Crippen LogP contribution in [0.25, 0.3) is 10.9 Å². The molecule has 32 heavy (non-hydrogen) atoms. The van der Waals surface area contributed by atoms with Gasteiger partial charge >= 0.3 is 0 Å². The SMILES string of the molecule is C[C@H](NCc1cn(Cc2ccc(Cl)c(Cl)c2)c2ccccc12)C12CC3CC(CC(C3)C1)C2. The Morgan fingerprint density at radius 1 is 0.969 bits per heavy atom. The van der Waals surface area contributed by atoms with Crippen LogP contribution in [0.5, 0.6) is 0 Å². The molecule has 2 aromatic carbocycles. The first-order valence-corrected chi connectivity index (χ1v) is 13.0. The lowest BCUT2D eigenvalue weighted by Crippen LogP contribution is -2.54. The standard InChI is InChI=1S/C28H32Cl2N2/c1-18(28-12-20-8-21(13-28)10-22(9-20)14-28)31-15-23-17-32(27-5-3-2-4-24(23)27)16-19-6-7-25(29)26(30)11-19/h2-7,11,17-18,20-22,31H,8-10,12-16H2,1H3/t18-,20?,21?,22?,28?/m0/s1. The van der Waals surface area contributed by atoms with Crippen molar-refractivity contribution in [1.29, 1.82) is 0 Å². The highest BCUT2D eigenvalue weighted by molar-refractivity contribution is 6.42. The molecular weight excluding hydrogens is 435 g/mol. The molecule has 1 heterocycles. The summed E-state index contributed by atoms with van der Waals surface area (Å²) in [6, 6.07) is 15.3. The van der Waals surface area contributed by atoms with Gasteiger partial charge in [0, 0.05) is 36.2 Å². The zero-order valence-corrected chi connectivity index (χ0v) is 20.3. The van der Waals surface area contributed by atoms with Crippen molar-refractivity contribution in [3.63, 3.8) is 0 Å². The van der Waals surface area contributed by atoms with Crippen LogP contribution in [0.3, 0.4) is 0 Å². The summed E-state index contributed by atoms with van der Waals surface area (Å²) in [5, 5.41) is 6.56. The van der Waals surface area contributed by atoms with E-state index in [1.165, 1.54) is 60.6 Å². The molecule has 0 saturated heterocycles. The molecule has 0 aliphatic heterocycles. The second-order valence-electron chi connectivity index (χ2n) is 10.9. The molecule has 0 unspecified atom stereocenters. The smallest absolute Gasteiger partial charge is 0.0595 e. The molecule has 4 aliphatic rings. The normalized spacial score (nSPS) is 29.7. The maximum atomic E-state index is 6.27. The van der Waals surface area contributed by atoms with Crippen molar-refractivity contribution >= 4 is 34.1 Å². The molecule has 4 aliphatic carbocycles. The second-order valence-corrected chi connectivity index (χ2v) is 11.7. The van der Waals surface area contributed by atoms with Gasteiger partial charge in [0.25, 0.3) is 0 Å². The molecule has 4 bridgehead atoms. The van der Waals surface area contributed by atoms with Gasteiger partial charge in [-0.15, -0.1) is 0 Å². The lowest BCUT2D eigenvalue weighted by atomic mass is 9.48. The number of hydrogen-bond acceptors (Lipinski definition) is 1. The number of aromatic nitrogens is 1. The Balaban J connectivity index is 1.22. The van der Waals surface area contributed by atoms with Crippen LogP contribution in [-0.2, 0) is 13.1 Å². The van der Waals surface area contributed by atoms with Gasteiger partial charge in [-0.2, -0.15) is 0 Å². The van der Waals surface area contributed by atoms with E-state index in [4.69, 9.17) is 23.2 Å². The van der Waals surface area contributed by atoms with E-state index in [0.29, 0.717) is 21.5 Å². The van der Waals surface area contributed by atoms with Gasteiger partial charge in [0.1, 0.15) is 0 Å². The van der Waals surface area contributed by atoms with Crippen molar-refractivity contribution in [2.75, 3.05) is 0 Å². The molecule has 1 aromatic heterocycles. The van der Waals surface area contributed by atoms with Crippen molar-refractivity contribution in [2.24, 2.45) is 23.2 Å². The average Bonchev–Trinajstić information content (AvgIpc) is 3.11. The molecule has 1 atom stereocenters. The van der Waals surface area contributed by atoms with Crippen LogP contribution in [-0.4, -0.2) is 10.6 Å². The van der Waals surface area contributed by atoms with E-state index < -0.39 is 0 Å². The molecule has 0 amide bonds. The molecule has 4 saturated carbocycles. The van der Waals surface area contributed by atoms with E-state index in [0.717, 1.165) is 30.8 Å². The van der Waals surface area contributed by atoms with Gasteiger partial charge in [-0.05, 0) is 97.9 Å². The topological polar surface area (TPSA) is 17.0 Å². The molecule has 4 fully saturated rings. The third-order valence-corrected chi connectivity index (χ3v) is 9.55. The quantitative estimate of drug-likeness (QED) is 0.393. The average molecular weight is 467 g/mol. The van der Waals surface area contributed by atoms with Gasteiger partial charge in [-0.25, -0.2) is 0 Å². The Morgan fingerprint density at radius 2 is 1.66 bits per heavy atom. The fourth-order valence-corrected chi connectivity index (χ4v) is 7.94. The van der Waals surface area contributed by atoms with Gasteiger partial charge in [0.15, 0.2) is 0 Å². The summed E-state index contributed by atoms with van der Waals surface area (Å²) in [7, 11) is 0. The second kappa shape index (κ2) is 8.08. The zero-order chi connectivity index (χ0) is 21.9. The van der Waals surface area contributed by atoms with Gasteiger partial charge in [0.2, 0.25) is 0 Å². The summed E-state index contributed by atoms with van der Waals surface area (Å²) in [4.78, 5) is 0. The number of para-hydroxylation sites is 1. The Labute approximate surface area is 201 Å². The fraction of sp³-hybridized carbons (Fsp3) is 0.500. The lowest BCUT2D eigenvalue weighted by molar-refractivity contribution is -0.0706.